The van der Waals surface area contributed by atoms with Crippen molar-refractivity contribution in [2.24, 2.45) is 0 Å². The summed E-state index contributed by atoms with van der Waals surface area (Å²) in [6.45, 7) is 3.98. The number of ether oxygens (including phenoxy) is 2. The highest BCUT2D eigenvalue weighted by atomic mass is 16.6. The number of hydrogen-bond donors (Lipinski definition) is 2. The van der Waals surface area contributed by atoms with Gasteiger partial charge in [0.05, 0.1) is 13.2 Å². The van der Waals surface area contributed by atoms with Gasteiger partial charge in [-0.05, 0) is 44.7 Å². The molecule has 180 valence electrons. The fourth-order valence-electron chi connectivity index (χ4n) is 4.82. The summed E-state index contributed by atoms with van der Waals surface area (Å²) in [5, 5.41) is 5.97. The van der Waals surface area contributed by atoms with E-state index in [9.17, 15) is 19.2 Å². The van der Waals surface area contributed by atoms with Crippen molar-refractivity contribution in [3.05, 3.63) is 35.9 Å². The summed E-state index contributed by atoms with van der Waals surface area (Å²) in [7, 11) is 1.21. The highest BCUT2D eigenvalue weighted by molar-refractivity contribution is 5.96. The Morgan fingerprint density at radius 3 is 2.55 bits per heavy atom. The third kappa shape index (κ3) is 5.52. The summed E-state index contributed by atoms with van der Waals surface area (Å²) in [5.74, 6) is -1.85. The fraction of sp³-hybridized carbons (Fsp3) is 0.583. The van der Waals surface area contributed by atoms with Crippen LogP contribution in [0.1, 0.15) is 45.1 Å². The van der Waals surface area contributed by atoms with E-state index in [-0.39, 0.29) is 11.9 Å². The molecule has 2 fully saturated rings. The van der Waals surface area contributed by atoms with Gasteiger partial charge in [0, 0.05) is 19.9 Å². The van der Waals surface area contributed by atoms with E-state index in [1.165, 1.54) is 21.0 Å². The lowest BCUT2D eigenvalue weighted by atomic mass is 9.86. The summed E-state index contributed by atoms with van der Waals surface area (Å²) in [6, 6.07) is 8.00. The first-order valence-electron chi connectivity index (χ1n) is 11.4. The zero-order chi connectivity index (χ0) is 24.0. The Morgan fingerprint density at radius 1 is 1.21 bits per heavy atom. The highest BCUT2D eigenvalue weighted by Crippen LogP contribution is 2.35. The van der Waals surface area contributed by atoms with E-state index in [0.717, 1.165) is 24.9 Å². The minimum atomic E-state index is -1.19. The lowest BCUT2D eigenvalue weighted by Gasteiger charge is -2.39. The first-order chi connectivity index (χ1) is 15.8. The van der Waals surface area contributed by atoms with E-state index in [0.29, 0.717) is 25.8 Å². The number of amides is 2. The Morgan fingerprint density at radius 2 is 1.94 bits per heavy atom. The minimum Gasteiger partial charge on any atom is -0.467 e. The summed E-state index contributed by atoms with van der Waals surface area (Å²) in [6.07, 6.45) is 2.14. The molecule has 0 spiro atoms. The van der Waals surface area contributed by atoms with Crippen LogP contribution in [-0.2, 0) is 35.1 Å². The second-order valence-electron chi connectivity index (χ2n) is 8.73. The maximum absolute atomic E-state index is 13.8. The van der Waals surface area contributed by atoms with Gasteiger partial charge in [-0.1, -0.05) is 30.3 Å². The molecule has 1 aromatic rings. The van der Waals surface area contributed by atoms with E-state index < -0.39 is 35.5 Å². The summed E-state index contributed by atoms with van der Waals surface area (Å²) in [4.78, 5) is 52.9. The van der Waals surface area contributed by atoms with Crippen molar-refractivity contribution >= 4 is 23.8 Å². The smallest absolute Gasteiger partial charge is 0.332 e. The van der Waals surface area contributed by atoms with E-state index in [1.807, 2.05) is 30.3 Å². The number of likely N-dealkylation sites (tertiary alicyclic amines) is 1. The molecular weight excluding hydrogens is 426 g/mol. The van der Waals surface area contributed by atoms with Crippen molar-refractivity contribution < 1.29 is 28.7 Å². The molecule has 0 radical (unpaired) electrons. The van der Waals surface area contributed by atoms with Crippen LogP contribution in [0.3, 0.4) is 0 Å². The van der Waals surface area contributed by atoms with Gasteiger partial charge in [-0.2, -0.15) is 0 Å². The second kappa shape index (κ2) is 10.8. The van der Waals surface area contributed by atoms with Crippen LogP contribution in [0.25, 0.3) is 0 Å². The Balaban J connectivity index is 1.93. The Bertz CT molecular complexity index is 870. The van der Waals surface area contributed by atoms with Crippen LogP contribution < -0.4 is 10.6 Å². The molecule has 9 nitrogen and oxygen atoms in total. The molecule has 2 heterocycles. The third-order valence-electron chi connectivity index (χ3n) is 6.44. The predicted molar refractivity (Wildman–Crippen MR) is 120 cm³/mol. The molecule has 2 N–H and O–H groups in total. The van der Waals surface area contributed by atoms with Crippen LogP contribution in [0.2, 0.25) is 0 Å². The molecule has 2 saturated heterocycles. The summed E-state index contributed by atoms with van der Waals surface area (Å²) < 4.78 is 10.0. The van der Waals surface area contributed by atoms with Crippen LogP contribution in [0.4, 0.5) is 0 Å². The average Bonchev–Trinajstić information content (AvgIpc) is 3.47. The number of hydrogen-bond acceptors (Lipinski definition) is 7. The van der Waals surface area contributed by atoms with E-state index in [4.69, 9.17) is 9.47 Å². The van der Waals surface area contributed by atoms with E-state index >= 15 is 0 Å². The van der Waals surface area contributed by atoms with Crippen molar-refractivity contribution in [1.29, 1.82) is 0 Å². The number of benzene rings is 1. The lowest BCUT2D eigenvalue weighted by molar-refractivity contribution is -0.158. The Kier molecular flexibility index (Phi) is 8.07. The molecule has 9 heteroatoms. The highest BCUT2D eigenvalue weighted by Gasteiger charge is 2.52. The van der Waals surface area contributed by atoms with Gasteiger partial charge in [0.25, 0.3) is 0 Å². The zero-order valence-corrected chi connectivity index (χ0v) is 19.5. The molecule has 0 aromatic heterocycles. The normalized spacial score (nSPS) is 24.1. The quantitative estimate of drug-likeness (QED) is 0.557. The molecule has 2 unspecified atom stereocenters. The van der Waals surface area contributed by atoms with Gasteiger partial charge >= 0.3 is 11.9 Å². The first kappa shape index (κ1) is 24.7. The molecule has 0 bridgehead atoms. The van der Waals surface area contributed by atoms with Crippen molar-refractivity contribution in [1.82, 2.24) is 15.5 Å². The molecule has 0 saturated carbocycles. The zero-order valence-electron chi connectivity index (χ0n) is 19.5. The van der Waals surface area contributed by atoms with Gasteiger partial charge in [0.2, 0.25) is 11.8 Å². The van der Waals surface area contributed by atoms with Crippen molar-refractivity contribution in [3.8, 4) is 0 Å². The van der Waals surface area contributed by atoms with Crippen molar-refractivity contribution in [2.75, 3.05) is 20.2 Å². The van der Waals surface area contributed by atoms with Crippen LogP contribution in [-0.4, -0.2) is 72.6 Å². The number of esters is 2. The van der Waals surface area contributed by atoms with E-state index in [1.54, 1.807) is 4.90 Å². The molecule has 1 aromatic carbocycles. The standard InChI is InChI=1S/C24H33N3O6/c1-16(33-17(2)28)20(22(30)32-3)26-23(31)24(15-18-9-5-4-6-10-18)12-8-14-27(24)21(29)19-11-7-13-25-19/h4-6,9-10,16,19-20,25H,7-8,11-15H2,1-3H3,(H,26,31)/t16-,19?,20+,24?/m1/s1. The van der Waals surface area contributed by atoms with Gasteiger partial charge in [0.1, 0.15) is 11.6 Å². The van der Waals surface area contributed by atoms with Gasteiger partial charge in [0.15, 0.2) is 6.04 Å². The van der Waals surface area contributed by atoms with Crippen molar-refractivity contribution in [2.45, 2.75) is 69.7 Å². The first-order valence-corrected chi connectivity index (χ1v) is 11.4. The molecule has 3 rings (SSSR count). The number of carbonyl (C=O) groups excluding carboxylic acids is 4. The molecule has 2 amide bonds. The monoisotopic (exact) mass is 459 g/mol. The summed E-state index contributed by atoms with van der Waals surface area (Å²) in [5.41, 5.74) is -0.250. The molecule has 2 aliphatic rings. The molecule has 0 aliphatic carbocycles. The number of nitrogens with zero attached hydrogens (tertiary/aromatic N) is 1. The van der Waals surface area contributed by atoms with E-state index in [2.05, 4.69) is 10.6 Å². The fourth-order valence-corrected chi connectivity index (χ4v) is 4.82. The van der Waals surface area contributed by atoms with Crippen molar-refractivity contribution in [3.63, 3.8) is 0 Å². The molecule has 2 aliphatic heterocycles. The lowest BCUT2D eigenvalue weighted by Crippen LogP contribution is -2.64. The largest absolute Gasteiger partial charge is 0.467 e. The van der Waals surface area contributed by atoms with Gasteiger partial charge in [-0.3, -0.25) is 14.4 Å². The Hall–Kier alpha value is -2.94. The topological polar surface area (TPSA) is 114 Å². The molecule has 4 atom stereocenters. The van der Waals surface area contributed by atoms with Gasteiger partial charge in [-0.15, -0.1) is 0 Å². The van der Waals surface area contributed by atoms with Crippen LogP contribution >= 0.6 is 0 Å². The van der Waals surface area contributed by atoms with Crippen LogP contribution in [0.15, 0.2) is 30.3 Å². The van der Waals surface area contributed by atoms with Gasteiger partial charge in [-0.25, -0.2) is 4.79 Å². The average molecular weight is 460 g/mol. The maximum Gasteiger partial charge on any atom is 0.332 e. The maximum atomic E-state index is 13.8. The molecule has 33 heavy (non-hydrogen) atoms. The second-order valence-corrected chi connectivity index (χ2v) is 8.73. The minimum absolute atomic E-state index is 0.0984. The third-order valence-corrected chi connectivity index (χ3v) is 6.44. The molecular formula is C24H33N3O6. The number of rotatable bonds is 8. The summed E-state index contributed by atoms with van der Waals surface area (Å²) >= 11 is 0. The van der Waals surface area contributed by atoms with Gasteiger partial charge < -0.3 is 25.0 Å². The SMILES string of the molecule is COC(=O)[C@@H](NC(=O)C1(Cc2ccccc2)CCCN1C(=O)C1CCCN1)[C@@H](C)OC(C)=O. The Labute approximate surface area is 194 Å². The number of methoxy groups -OCH3 is 1. The predicted octanol–water partition coefficient (Wildman–Crippen LogP) is 0.952. The number of carbonyl (C=O) groups is 4. The van der Waals surface area contributed by atoms with Crippen LogP contribution in [0.5, 0.6) is 0 Å². The number of nitrogens with one attached hydrogen (secondary N) is 2. The van der Waals surface area contributed by atoms with Crippen LogP contribution in [0, 0.1) is 0 Å².